The van der Waals surface area contributed by atoms with E-state index in [2.05, 4.69) is 30.1 Å². The van der Waals surface area contributed by atoms with E-state index in [0.29, 0.717) is 5.56 Å². The second kappa shape index (κ2) is 11.4. The van der Waals surface area contributed by atoms with Gasteiger partial charge < -0.3 is 20.5 Å². The lowest BCUT2D eigenvalue weighted by molar-refractivity contribution is -0.189. The first-order valence-electron chi connectivity index (χ1n) is 11.8. The van der Waals surface area contributed by atoms with Crippen LogP contribution in [0.3, 0.4) is 0 Å². The Morgan fingerprint density at radius 2 is 1.90 bits per heavy atom. The maximum atomic E-state index is 15.7. The fourth-order valence-electron chi connectivity index (χ4n) is 3.78. The molecule has 0 amide bonds. The Balaban J connectivity index is 1.85. The molecule has 0 fully saturated rings. The first-order valence-corrected chi connectivity index (χ1v) is 11.8. The van der Waals surface area contributed by atoms with E-state index in [-0.39, 0.29) is 40.9 Å². The highest BCUT2D eigenvalue weighted by atomic mass is 19.4. The minimum absolute atomic E-state index is 0.00444. The van der Waals surface area contributed by atoms with E-state index in [1.165, 1.54) is 36.7 Å². The number of aryl methyl sites for hydroxylation is 1. The van der Waals surface area contributed by atoms with Crippen molar-refractivity contribution < 1.29 is 31.8 Å². The van der Waals surface area contributed by atoms with Crippen LogP contribution in [0.4, 0.5) is 23.2 Å². The number of nitrogens with zero attached hydrogens (tertiary/aromatic N) is 4. The van der Waals surface area contributed by atoms with Crippen molar-refractivity contribution >= 4 is 17.5 Å². The number of carbonyl (C=O) groups excluding carboxylic acids is 1. The summed E-state index contributed by atoms with van der Waals surface area (Å²) < 4.78 is 65.1. The smallest absolute Gasteiger partial charge is 0.491 e. The fraction of sp³-hybridized carbons (Fsp3) is 0.200. The first kappa shape index (κ1) is 28.7. The predicted molar refractivity (Wildman–Crippen MR) is 137 cm³/mol. The number of carbonyl (C=O) groups is 1. The topological polar surface area (TPSA) is 174 Å². The average Bonchev–Trinajstić information content (AvgIpc) is 3.30. The number of esters is 1. The third kappa shape index (κ3) is 6.32. The molecule has 2 aromatic heterocycles. The number of aromatic amines is 1. The summed E-state index contributed by atoms with van der Waals surface area (Å²) in [5.74, 6) is -4.98. The molecule has 0 radical (unpaired) electrons. The zero-order valence-corrected chi connectivity index (χ0v) is 21.4. The van der Waals surface area contributed by atoms with Crippen molar-refractivity contribution in [2.75, 3.05) is 11.9 Å². The van der Waals surface area contributed by atoms with Gasteiger partial charge in [0.05, 0.1) is 12.2 Å². The molecule has 2 heterocycles. The number of hydrogen-bond acceptors (Lipinski definition) is 9. The van der Waals surface area contributed by atoms with Gasteiger partial charge in [0, 0.05) is 29.7 Å². The van der Waals surface area contributed by atoms with E-state index >= 15 is 4.39 Å². The van der Waals surface area contributed by atoms with Gasteiger partial charge >= 0.3 is 17.8 Å². The highest BCUT2D eigenvalue weighted by Crippen LogP contribution is 2.34. The van der Waals surface area contributed by atoms with Gasteiger partial charge in [0.25, 0.3) is 5.95 Å². The highest BCUT2D eigenvalue weighted by Gasteiger charge is 2.42. The van der Waals surface area contributed by atoms with Gasteiger partial charge in [-0.25, -0.2) is 23.9 Å². The van der Waals surface area contributed by atoms with Crippen molar-refractivity contribution in [3.05, 3.63) is 87.6 Å². The third-order valence-electron chi connectivity index (χ3n) is 5.49. The Morgan fingerprint density at radius 1 is 1.20 bits per heavy atom. The van der Waals surface area contributed by atoms with Crippen LogP contribution < -0.4 is 26.2 Å². The van der Waals surface area contributed by atoms with Crippen molar-refractivity contribution in [3.8, 4) is 17.4 Å². The molecule has 0 spiro atoms. The van der Waals surface area contributed by atoms with E-state index in [0.717, 1.165) is 16.8 Å². The summed E-state index contributed by atoms with van der Waals surface area (Å²) in [5.41, 5.74) is 4.92. The Labute approximate surface area is 228 Å². The number of nitrogens with two attached hydrogens (primary N) is 1. The minimum Gasteiger partial charge on any atom is -0.491 e. The number of ether oxygens (including phenoxy) is 2. The molecule has 1 unspecified atom stereocenters. The summed E-state index contributed by atoms with van der Waals surface area (Å²) in [6.07, 6.45) is -2.56. The summed E-state index contributed by atoms with van der Waals surface area (Å²) >= 11 is 0. The van der Waals surface area contributed by atoms with Crippen molar-refractivity contribution in [1.82, 2.24) is 24.7 Å². The number of alkyl halides is 3. The molecule has 0 bridgehead atoms. The van der Waals surface area contributed by atoms with Gasteiger partial charge in [-0.05, 0) is 43.7 Å². The summed E-state index contributed by atoms with van der Waals surface area (Å²) in [7, 11) is 0. The van der Waals surface area contributed by atoms with Gasteiger partial charge in [0.2, 0.25) is 0 Å². The van der Waals surface area contributed by atoms with Gasteiger partial charge in [-0.1, -0.05) is 6.07 Å². The zero-order chi connectivity index (χ0) is 29.9. The van der Waals surface area contributed by atoms with E-state index in [9.17, 15) is 22.8 Å². The number of aromatic nitrogens is 5. The van der Waals surface area contributed by atoms with E-state index in [4.69, 9.17) is 15.9 Å². The minimum atomic E-state index is -5.33. The van der Waals surface area contributed by atoms with Crippen LogP contribution in [-0.2, 0) is 4.79 Å². The van der Waals surface area contributed by atoms with Crippen molar-refractivity contribution in [1.29, 1.82) is 5.41 Å². The molecule has 12 nitrogen and oxygen atoms in total. The van der Waals surface area contributed by atoms with Crippen LogP contribution >= 0.6 is 0 Å². The van der Waals surface area contributed by atoms with E-state index in [1.54, 1.807) is 13.8 Å². The number of nitrogens with one attached hydrogen (secondary N) is 3. The SMILES string of the molecule is CCOc1cc(C)cc(C(Nc2ccc(C(=N)N)c(OC(=O)C(F)(F)F)c2)c2nn(-c3ncccn3)c(=O)[nH]2)c1F. The number of rotatable bonds is 9. The second-order valence-corrected chi connectivity index (χ2v) is 8.46. The molecule has 0 aliphatic rings. The average molecular weight is 574 g/mol. The Morgan fingerprint density at radius 3 is 2.54 bits per heavy atom. The second-order valence-electron chi connectivity index (χ2n) is 8.46. The molecule has 0 saturated heterocycles. The number of hydrogen-bond donors (Lipinski definition) is 4. The number of halogens is 4. The molecule has 4 rings (SSSR count). The Hall–Kier alpha value is -5.28. The van der Waals surface area contributed by atoms with Crippen molar-refractivity contribution in [2.24, 2.45) is 5.73 Å². The lowest BCUT2D eigenvalue weighted by Gasteiger charge is -2.21. The largest absolute Gasteiger partial charge is 0.491 e. The van der Waals surface area contributed by atoms with Gasteiger partial charge in [0.15, 0.2) is 17.4 Å². The molecule has 4 aromatic rings. The van der Waals surface area contributed by atoms with Gasteiger partial charge in [-0.3, -0.25) is 10.4 Å². The summed E-state index contributed by atoms with van der Waals surface area (Å²) in [6.45, 7) is 3.49. The maximum absolute atomic E-state index is 15.7. The number of anilines is 1. The summed E-state index contributed by atoms with van der Waals surface area (Å²) in [4.78, 5) is 34.8. The maximum Gasteiger partial charge on any atom is 0.491 e. The van der Waals surface area contributed by atoms with Crippen molar-refractivity contribution in [2.45, 2.75) is 26.1 Å². The van der Waals surface area contributed by atoms with E-state index in [1.807, 2.05) is 0 Å². The molecule has 0 saturated carbocycles. The number of benzene rings is 2. The van der Waals surface area contributed by atoms with Crippen LogP contribution in [0.1, 0.15) is 35.5 Å². The third-order valence-corrected chi connectivity index (χ3v) is 5.49. The Bertz CT molecular complexity index is 1650. The molecular weight excluding hydrogens is 552 g/mol. The van der Waals surface area contributed by atoms with Crippen molar-refractivity contribution in [3.63, 3.8) is 0 Å². The lowest BCUT2D eigenvalue weighted by Crippen LogP contribution is -2.29. The van der Waals surface area contributed by atoms with Crippen LogP contribution in [0, 0.1) is 18.2 Å². The van der Waals surface area contributed by atoms with Crippen LogP contribution in [0.15, 0.2) is 53.6 Å². The molecule has 214 valence electrons. The molecule has 1 atom stereocenters. The quantitative estimate of drug-likeness (QED) is 0.0770. The van der Waals surface area contributed by atoms with Crippen LogP contribution in [0.5, 0.6) is 11.5 Å². The molecule has 0 aliphatic heterocycles. The van der Waals surface area contributed by atoms with Gasteiger partial charge in [0.1, 0.15) is 17.6 Å². The van der Waals surface area contributed by atoms with Crippen LogP contribution in [-0.4, -0.2) is 49.3 Å². The molecular formula is C25H22F4N8O4. The lowest BCUT2D eigenvalue weighted by atomic mass is 10.0. The van der Waals surface area contributed by atoms with Gasteiger partial charge in [-0.2, -0.15) is 13.2 Å². The standard InChI is InChI=1S/C25H22F4N8O4/c1-3-40-17-10-12(2)9-15(18(17)26)19(21-35-24(39)37(36-21)23-32-7-4-8-33-23)34-13-5-6-14(20(30)31)16(11-13)41-22(38)25(27,28)29/h4-11,19,34H,3H2,1-2H3,(H3,30,31)(H,35,36,39). The summed E-state index contributed by atoms with van der Waals surface area (Å²) in [5, 5.41) is 14.7. The number of H-pyrrole nitrogens is 1. The van der Waals surface area contributed by atoms with Crippen LogP contribution in [0.2, 0.25) is 0 Å². The number of amidine groups is 1. The normalized spacial score (nSPS) is 12.0. The van der Waals surface area contributed by atoms with Gasteiger partial charge in [-0.15, -0.1) is 9.78 Å². The van der Waals surface area contributed by atoms with E-state index < -0.39 is 41.3 Å². The highest BCUT2D eigenvalue weighted by molar-refractivity contribution is 5.99. The van der Waals surface area contributed by atoms with Crippen LogP contribution in [0.25, 0.3) is 5.95 Å². The molecule has 0 aliphatic carbocycles. The zero-order valence-electron chi connectivity index (χ0n) is 21.4. The fourth-order valence-corrected chi connectivity index (χ4v) is 3.78. The monoisotopic (exact) mass is 574 g/mol. The molecule has 5 N–H and O–H groups in total. The molecule has 16 heteroatoms. The Kier molecular flexibility index (Phi) is 8.02. The molecule has 41 heavy (non-hydrogen) atoms. The predicted octanol–water partition coefficient (Wildman–Crippen LogP) is 3.15. The first-order chi connectivity index (χ1) is 19.4. The molecule has 2 aromatic carbocycles. The summed E-state index contributed by atoms with van der Waals surface area (Å²) in [6, 6.07) is 6.59. The number of nitrogen functional groups attached to an aromatic ring is 1.